The van der Waals surface area contributed by atoms with E-state index in [1.807, 2.05) is 24.3 Å². The highest BCUT2D eigenvalue weighted by Gasteiger charge is 2.24. The molecular weight excluding hydrogens is 400 g/mol. The van der Waals surface area contributed by atoms with Crippen molar-refractivity contribution in [2.75, 3.05) is 25.0 Å². The molecule has 3 amide bonds. The molecule has 0 bridgehead atoms. The lowest BCUT2D eigenvalue weighted by Crippen LogP contribution is -2.36. The van der Waals surface area contributed by atoms with Gasteiger partial charge in [0, 0.05) is 24.9 Å². The molecule has 0 saturated heterocycles. The third kappa shape index (κ3) is 8.98. The summed E-state index contributed by atoms with van der Waals surface area (Å²) in [5, 5.41) is 11.9. The van der Waals surface area contributed by atoms with Crippen LogP contribution in [0.1, 0.15) is 52.4 Å². The number of hydrogen-bond acceptors (Lipinski definition) is 5. The zero-order valence-electron chi connectivity index (χ0n) is 18.0. The normalized spacial score (nSPS) is 14.8. The lowest BCUT2D eigenvalue weighted by atomic mass is 10.2. The second-order valence-corrected chi connectivity index (χ2v) is 8.29. The van der Waals surface area contributed by atoms with Crippen LogP contribution in [0.4, 0.5) is 10.5 Å². The van der Waals surface area contributed by atoms with Crippen molar-refractivity contribution in [3.63, 3.8) is 0 Å². The molecule has 1 heterocycles. The standard InChI is InChI=1S/C22H34N4O3S/c1-3-4-8-14-23-21(28)24-15-9-6-5-7-10-16-29-18-12-11-13-19-20(18)26-22(30-19)25-17(2)27/h7,10-13,22,26H,3-6,8-9,14-16H2,1-2H3,(H,25,27)(H2,23,24,28). The molecule has 1 aromatic carbocycles. The molecule has 1 aliphatic heterocycles. The molecule has 0 radical (unpaired) electrons. The van der Waals surface area contributed by atoms with Crippen molar-refractivity contribution in [2.24, 2.45) is 0 Å². The van der Waals surface area contributed by atoms with Crippen molar-refractivity contribution in [3.8, 4) is 5.75 Å². The number of nitrogens with one attached hydrogen (secondary N) is 4. The van der Waals surface area contributed by atoms with Gasteiger partial charge in [0.2, 0.25) is 5.91 Å². The minimum atomic E-state index is -0.162. The maximum absolute atomic E-state index is 11.6. The summed E-state index contributed by atoms with van der Waals surface area (Å²) in [6.07, 6.45) is 10.4. The molecule has 0 aliphatic carbocycles. The number of rotatable bonds is 13. The topological polar surface area (TPSA) is 91.5 Å². The highest BCUT2D eigenvalue weighted by atomic mass is 32.2. The van der Waals surface area contributed by atoms with Crippen LogP contribution >= 0.6 is 11.8 Å². The molecule has 0 aromatic heterocycles. The van der Waals surface area contributed by atoms with E-state index < -0.39 is 0 Å². The Kier molecular flexibility index (Phi) is 11.0. The van der Waals surface area contributed by atoms with Gasteiger partial charge in [0.05, 0.1) is 5.69 Å². The molecule has 1 aromatic rings. The fourth-order valence-corrected chi connectivity index (χ4v) is 4.05. The summed E-state index contributed by atoms with van der Waals surface area (Å²) in [6, 6.07) is 5.82. The first-order valence-electron chi connectivity index (χ1n) is 10.7. The van der Waals surface area contributed by atoms with Crippen molar-refractivity contribution in [2.45, 2.75) is 62.8 Å². The highest BCUT2D eigenvalue weighted by Crippen LogP contribution is 2.43. The van der Waals surface area contributed by atoms with E-state index in [1.54, 1.807) is 11.8 Å². The number of allylic oxidation sites excluding steroid dienone is 1. The van der Waals surface area contributed by atoms with Crippen LogP contribution in [0.25, 0.3) is 0 Å². The van der Waals surface area contributed by atoms with Gasteiger partial charge in [-0.05, 0) is 37.8 Å². The van der Waals surface area contributed by atoms with E-state index in [-0.39, 0.29) is 17.4 Å². The smallest absolute Gasteiger partial charge is 0.314 e. The average Bonchev–Trinajstić information content (AvgIpc) is 3.12. The van der Waals surface area contributed by atoms with Crippen molar-refractivity contribution in [1.82, 2.24) is 16.0 Å². The lowest BCUT2D eigenvalue weighted by Gasteiger charge is -2.12. The van der Waals surface area contributed by atoms with Crippen molar-refractivity contribution < 1.29 is 14.3 Å². The molecule has 7 nitrogen and oxygen atoms in total. The van der Waals surface area contributed by atoms with Gasteiger partial charge in [-0.1, -0.05) is 49.7 Å². The molecule has 166 valence electrons. The van der Waals surface area contributed by atoms with Crippen molar-refractivity contribution in [1.29, 1.82) is 0 Å². The van der Waals surface area contributed by atoms with E-state index in [0.717, 1.165) is 61.4 Å². The van der Waals surface area contributed by atoms with Gasteiger partial charge in [-0.15, -0.1) is 0 Å². The molecule has 8 heteroatoms. The van der Waals surface area contributed by atoms with Crippen LogP contribution in [0.5, 0.6) is 5.75 Å². The molecule has 30 heavy (non-hydrogen) atoms. The molecule has 2 rings (SSSR count). The van der Waals surface area contributed by atoms with Gasteiger partial charge in [-0.25, -0.2) is 4.79 Å². The first-order valence-corrected chi connectivity index (χ1v) is 11.6. The quantitative estimate of drug-likeness (QED) is 0.276. The first kappa shape index (κ1) is 23.9. The number of thioether (sulfide) groups is 1. The number of amides is 3. The monoisotopic (exact) mass is 434 g/mol. The van der Waals surface area contributed by atoms with Gasteiger partial charge >= 0.3 is 6.03 Å². The Bertz CT molecular complexity index is 712. The molecule has 0 spiro atoms. The Hall–Kier alpha value is -2.35. The second kappa shape index (κ2) is 13.8. The fraction of sp³-hybridized carbons (Fsp3) is 0.545. The molecule has 0 saturated carbocycles. The Labute approximate surface area is 183 Å². The summed E-state index contributed by atoms with van der Waals surface area (Å²) in [7, 11) is 0. The van der Waals surface area contributed by atoms with Gasteiger partial charge < -0.3 is 26.0 Å². The maximum atomic E-state index is 11.6. The highest BCUT2D eigenvalue weighted by molar-refractivity contribution is 8.00. The SMILES string of the molecule is CCCCCNC(=O)NCCCCC=CCOc1cccc2c1NC(NC(C)=O)S2. The molecular formula is C22H34N4O3S. The van der Waals surface area contributed by atoms with Crippen LogP contribution in [0, 0.1) is 0 Å². The van der Waals surface area contributed by atoms with Crippen LogP contribution in [-0.4, -0.2) is 37.1 Å². The third-order valence-electron chi connectivity index (χ3n) is 4.49. The summed E-state index contributed by atoms with van der Waals surface area (Å²) in [4.78, 5) is 23.9. The number of para-hydroxylation sites is 1. The number of carbonyl (C=O) groups excluding carboxylic acids is 2. The summed E-state index contributed by atoms with van der Waals surface area (Å²) in [5.74, 6) is 0.715. The lowest BCUT2D eigenvalue weighted by molar-refractivity contribution is -0.119. The number of ether oxygens (including phenoxy) is 1. The van der Waals surface area contributed by atoms with Gasteiger partial charge in [0.25, 0.3) is 0 Å². The van der Waals surface area contributed by atoms with E-state index in [4.69, 9.17) is 4.74 Å². The number of hydrogen-bond donors (Lipinski definition) is 4. The second-order valence-electron chi connectivity index (χ2n) is 7.14. The van der Waals surface area contributed by atoms with Crippen molar-refractivity contribution >= 4 is 29.4 Å². The number of unbranched alkanes of at least 4 members (excludes halogenated alkanes) is 4. The van der Waals surface area contributed by atoms with Gasteiger partial charge in [0.15, 0.2) is 5.50 Å². The third-order valence-corrected chi connectivity index (χ3v) is 5.56. The maximum Gasteiger partial charge on any atom is 0.314 e. The predicted octanol–water partition coefficient (Wildman–Crippen LogP) is 4.22. The number of carbonyl (C=O) groups is 2. The molecule has 4 N–H and O–H groups in total. The van der Waals surface area contributed by atoms with Gasteiger partial charge in [-0.3, -0.25) is 4.79 Å². The minimum absolute atomic E-state index is 0.0685. The average molecular weight is 435 g/mol. The van der Waals surface area contributed by atoms with Gasteiger partial charge in [0.1, 0.15) is 12.4 Å². The zero-order chi connectivity index (χ0) is 21.6. The van der Waals surface area contributed by atoms with Crippen LogP contribution in [0.2, 0.25) is 0 Å². The van der Waals surface area contributed by atoms with E-state index in [2.05, 4.69) is 34.3 Å². The number of fused-ring (bicyclic) bond motifs is 1. The number of anilines is 1. The summed E-state index contributed by atoms with van der Waals surface area (Å²) in [5.41, 5.74) is 0.763. The largest absolute Gasteiger partial charge is 0.487 e. The Morgan fingerprint density at radius 2 is 1.90 bits per heavy atom. The number of benzene rings is 1. The zero-order valence-corrected chi connectivity index (χ0v) is 18.8. The van der Waals surface area contributed by atoms with Crippen LogP contribution in [0.15, 0.2) is 35.2 Å². The summed E-state index contributed by atoms with van der Waals surface area (Å²) < 4.78 is 5.88. The van der Waals surface area contributed by atoms with E-state index in [1.165, 1.54) is 6.92 Å². The molecule has 1 atom stereocenters. The van der Waals surface area contributed by atoms with E-state index in [9.17, 15) is 9.59 Å². The van der Waals surface area contributed by atoms with E-state index in [0.29, 0.717) is 13.2 Å². The minimum Gasteiger partial charge on any atom is -0.487 e. The number of urea groups is 1. The van der Waals surface area contributed by atoms with Crippen LogP contribution in [0.3, 0.4) is 0 Å². The first-order chi connectivity index (χ1) is 14.6. The summed E-state index contributed by atoms with van der Waals surface area (Å²) >= 11 is 1.57. The molecule has 1 unspecified atom stereocenters. The van der Waals surface area contributed by atoms with Crippen LogP contribution in [-0.2, 0) is 4.79 Å². The Balaban J connectivity index is 1.55. The Morgan fingerprint density at radius 1 is 1.13 bits per heavy atom. The van der Waals surface area contributed by atoms with Crippen LogP contribution < -0.4 is 26.0 Å². The fourth-order valence-electron chi connectivity index (χ4n) is 2.96. The predicted molar refractivity (Wildman–Crippen MR) is 123 cm³/mol. The molecule has 1 aliphatic rings. The summed E-state index contributed by atoms with van der Waals surface area (Å²) in [6.45, 7) is 5.59. The van der Waals surface area contributed by atoms with E-state index >= 15 is 0 Å². The van der Waals surface area contributed by atoms with Crippen molar-refractivity contribution in [3.05, 3.63) is 30.4 Å². The van der Waals surface area contributed by atoms with Gasteiger partial charge in [-0.2, -0.15) is 0 Å². The Morgan fingerprint density at radius 3 is 2.63 bits per heavy atom. The molecule has 0 fully saturated rings.